The molecule has 0 aliphatic carbocycles. The Kier molecular flexibility index (Phi) is 2.64. The zero-order valence-electron chi connectivity index (χ0n) is 7.55. The largest absolute Gasteiger partial charge is 0.263 e. The van der Waals surface area contributed by atoms with Crippen LogP contribution in [0, 0.1) is 11.6 Å². The van der Waals surface area contributed by atoms with Crippen molar-refractivity contribution in [2.24, 2.45) is 0 Å². The molecule has 0 amide bonds. The third kappa shape index (κ3) is 2.30. The van der Waals surface area contributed by atoms with E-state index in [0.29, 0.717) is 16.1 Å². The highest BCUT2D eigenvalue weighted by Gasteiger charge is 2.03. The van der Waals surface area contributed by atoms with E-state index >= 15 is 0 Å². The lowest BCUT2D eigenvalue weighted by molar-refractivity contribution is 0.584. The molecule has 0 saturated heterocycles. The van der Waals surface area contributed by atoms with E-state index in [2.05, 4.69) is 4.98 Å². The van der Waals surface area contributed by atoms with Crippen LogP contribution >= 0.6 is 11.6 Å². The molecule has 0 unspecified atom stereocenters. The van der Waals surface area contributed by atoms with Crippen LogP contribution in [0.1, 0.15) is 0 Å². The zero-order valence-corrected chi connectivity index (χ0v) is 8.30. The van der Waals surface area contributed by atoms with E-state index in [1.807, 2.05) is 0 Å². The Balaban J connectivity index is 2.54. The number of aromatic nitrogens is 1. The Hall–Kier alpha value is -1.48. The third-order valence-corrected chi connectivity index (χ3v) is 2.11. The fourth-order valence-corrected chi connectivity index (χ4v) is 1.46. The van der Waals surface area contributed by atoms with Gasteiger partial charge in [0.1, 0.15) is 11.6 Å². The van der Waals surface area contributed by atoms with Crippen molar-refractivity contribution < 1.29 is 8.78 Å². The molecule has 1 heterocycles. The van der Waals surface area contributed by atoms with Gasteiger partial charge in [-0.05, 0) is 23.8 Å². The van der Waals surface area contributed by atoms with Crippen LogP contribution in [0.5, 0.6) is 0 Å². The van der Waals surface area contributed by atoms with Crippen molar-refractivity contribution in [3.8, 4) is 11.1 Å². The molecule has 0 spiro atoms. The molecule has 1 aromatic heterocycles. The van der Waals surface area contributed by atoms with Crippen LogP contribution in [-0.4, -0.2) is 4.98 Å². The second-order valence-corrected chi connectivity index (χ2v) is 3.49. The highest BCUT2D eigenvalue weighted by molar-refractivity contribution is 6.30. The van der Waals surface area contributed by atoms with E-state index in [9.17, 15) is 8.78 Å². The molecule has 0 radical (unpaired) electrons. The molecule has 2 rings (SSSR count). The van der Waals surface area contributed by atoms with Crippen LogP contribution in [-0.2, 0) is 0 Å². The first-order chi connectivity index (χ1) is 7.15. The van der Waals surface area contributed by atoms with Crippen molar-refractivity contribution in [2.45, 2.75) is 0 Å². The molecule has 4 heteroatoms. The second kappa shape index (κ2) is 3.95. The van der Waals surface area contributed by atoms with Crippen LogP contribution in [0.3, 0.4) is 0 Å². The Labute approximate surface area is 90.3 Å². The molecular formula is C11H6ClF2N. The summed E-state index contributed by atoms with van der Waals surface area (Å²) in [4.78, 5) is 3.84. The minimum atomic E-state index is -0.620. The summed E-state index contributed by atoms with van der Waals surface area (Å²) in [5, 5.41) is 0.428. The lowest BCUT2D eigenvalue weighted by Gasteiger charge is -2.02. The molecule has 2 aromatic rings. The van der Waals surface area contributed by atoms with Gasteiger partial charge < -0.3 is 0 Å². The van der Waals surface area contributed by atoms with Gasteiger partial charge in [0, 0.05) is 24.0 Å². The summed E-state index contributed by atoms with van der Waals surface area (Å²) >= 11 is 5.72. The minimum Gasteiger partial charge on any atom is -0.263 e. The van der Waals surface area contributed by atoms with Gasteiger partial charge in [-0.2, -0.15) is 0 Å². The van der Waals surface area contributed by atoms with Gasteiger partial charge in [-0.3, -0.25) is 4.98 Å². The number of rotatable bonds is 1. The number of hydrogen-bond acceptors (Lipinski definition) is 1. The zero-order chi connectivity index (χ0) is 10.8. The summed E-state index contributed by atoms with van der Waals surface area (Å²) in [6, 6.07) is 4.89. The molecule has 0 atom stereocenters. The maximum absolute atomic E-state index is 12.9. The number of hydrogen-bond donors (Lipinski definition) is 0. The Bertz CT molecular complexity index is 479. The first-order valence-corrected chi connectivity index (χ1v) is 4.60. The van der Waals surface area contributed by atoms with Crippen LogP contribution in [0.4, 0.5) is 8.78 Å². The fourth-order valence-electron chi connectivity index (χ4n) is 1.29. The van der Waals surface area contributed by atoms with Crippen molar-refractivity contribution >= 4 is 11.6 Å². The normalized spacial score (nSPS) is 10.3. The van der Waals surface area contributed by atoms with E-state index in [-0.39, 0.29) is 0 Å². The van der Waals surface area contributed by atoms with Gasteiger partial charge in [0.25, 0.3) is 0 Å². The molecule has 15 heavy (non-hydrogen) atoms. The van der Waals surface area contributed by atoms with Crippen molar-refractivity contribution in [1.82, 2.24) is 4.98 Å². The van der Waals surface area contributed by atoms with Crippen LogP contribution in [0.25, 0.3) is 11.1 Å². The van der Waals surface area contributed by atoms with Gasteiger partial charge in [0.15, 0.2) is 0 Å². The summed E-state index contributed by atoms with van der Waals surface area (Å²) in [6.07, 6.45) is 2.96. The number of benzene rings is 1. The highest BCUT2D eigenvalue weighted by Crippen LogP contribution is 2.23. The van der Waals surface area contributed by atoms with Crippen molar-refractivity contribution in [3.63, 3.8) is 0 Å². The van der Waals surface area contributed by atoms with Gasteiger partial charge in [-0.15, -0.1) is 0 Å². The molecule has 0 saturated carbocycles. The van der Waals surface area contributed by atoms with E-state index in [0.717, 1.165) is 6.07 Å². The standard InChI is InChI=1S/C11H6ClF2N/c12-9-1-8(5-15-6-9)7-2-10(13)4-11(14)3-7/h1-6H. The van der Waals surface area contributed by atoms with Gasteiger partial charge in [-0.25, -0.2) is 8.78 Å². The van der Waals surface area contributed by atoms with Gasteiger partial charge in [0.2, 0.25) is 0 Å². The average Bonchev–Trinajstić information content (AvgIpc) is 2.16. The number of halogens is 3. The van der Waals surface area contributed by atoms with Crippen LogP contribution < -0.4 is 0 Å². The van der Waals surface area contributed by atoms with Crippen LogP contribution in [0.15, 0.2) is 36.7 Å². The molecule has 1 aromatic carbocycles. The molecule has 0 aliphatic heterocycles. The maximum Gasteiger partial charge on any atom is 0.126 e. The first-order valence-electron chi connectivity index (χ1n) is 4.22. The van der Waals surface area contributed by atoms with Gasteiger partial charge >= 0.3 is 0 Å². The minimum absolute atomic E-state index is 0.419. The van der Waals surface area contributed by atoms with E-state index < -0.39 is 11.6 Å². The summed E-state index contributed by atoms with van der Waals surface area (Å²) < 4.78 is 25.8. The second-order valence-electron chi connectivity index (χ2n) is 3.05. The summed E-state index contributed by atoms with van der Waals surface area (Å²) in [5.74, 6) is -1.24. The SMILES string of the molecule is Fc1cc(F)cc(-c2cncc(Cl)c2)c1. The van der Waals surface area contributed by atoms with Crippen molar-refractivity contribution in [2.75, 3.05) is 0 Å². The lowest BCUT2D eigenvalue weighted by atomic mass is 10.1. The summed E-state index contributed by atoms with van der Waals surface area (Å²) in [7, 11) is 0. The highest BCUT2D eigenvalue weighted by atomic mass is 35.5. The van der Waals surface area contributed by atoms with Crippen molar-refractivity contribution in [3.05, 3.63) is 53.3 Å². The molecule has 1 nitrogen and oxygen atoms in total. The monoisotopic (exact) mass is 225 g/mol. The fraction of sp³-hybridized carbons (Fsp3) is 0. The topological polar surface area (TPSA) is 12.9 Å². The molecule has 0 bridgehead atoms. The smallest absolute Gasteiger partial charge is 0.126 e. The van der Waals surface area contributed by atoms with Gasteiger partial charge in [0.05, 0.1) is 5.02 Å². The molecule has 76 valence electrons. The Morgan fingerprint density at radius 1 is 0.867 bits per heavy atom. The first kappa shape index (κ1) is 10.1. The number of pyridine rings is 1. The quantitative estimate of drug-likeness (QED) is 0.722. The maximum atomic E-state index is 12.9. The average molecular weight is 226 g/mol. The Morgan fingerprint density at radius 2 is 1.53 bits per heavy atom. The molecule has 0 aliphatic rings. The lowest BCUT2D eigenvalue weighted by Crippen LogP contribution is -1.85. The molecule has 0 fully saturated rings. The Morgan fingerprint density at radius 3 is 2.13 bits per heavy atom. The number of nitrogens with zero attached hydrogens (tertiary/aromatic N) is 1. The molecular weight excluding hydrogens is 220 g/mol. The van der Waals surface area contributed by atoms with Gasteiger partial charge in [-0.1, -0.05) is 11.6 Å². The van der Waals surface area contributed by atoms with Crippen LogP contribution in [0.2, 0.25) is 5.02 Å². The summed E-state index contributed by atoms with van der Waals surface area (Å²) in [5.41, 5.74) is 1.00. The van der Waals surface area contributed by atoms with E-state index in [4.69, 9.17) is 11.6 Å². The van der Waals surface area contributed by atoms with Crippen molar-refractivity contribution in [1.29, 1.82) is 0 Å². The van der Waals surface area contributed by atoms with E-state index in [1.165, 1.54) is 24.5 Å². The predicted molar refractivity (Wildman–Crippen MR) is 54.6 cm³/mol. The third-order valence-electron chi connectivity index (χ3n) is 1.90. The summed E-state index contributed by atoms with van der Waals surface area (Å²) in [6.45, 7) is 0. The molecule has 0 N–H and O–H groups in total. The predicted octanol–water partition coefficient (Wildman–Crippen LogP) is 3.68. The van der Waals surface area contributed by atoms with E-state index in [1.54, 1.807) is 6.07 Å².